The molecule has 0 saturated heterocycles. The number of hydrogen-bond donors (Lipinski definition) is 2. The third-order valence-corrected chi connectivity index (χ3v) is 4.84. The molecule has 0 radical (unpaired) electrons. The summed E-state index contributed by atoms with van der Waals surface area (Å²) in [5, 5.41) is 7.80. The van der Waals surface area contributed by atoms with E-state index in [9.17, 15) is 0 Å². The molecule has 1 unspecified atom stereocenters. The first kappa shape index (κ1) is 19.4. The van der Waals surface area contributed by atoms with Crippen LogP contribution in [0.3, 0.4) is 0 Å². The first-order valence-corrected chi connectivity index (χ1v) is 9.39. The van der Waals surface area contributed by atoms with Crippen molar-refractivity contribution in [1.82, 2.24) is 15.6 Å². The van der Waals surface area contributed by atoms with Crippen molar-refractivity contribution in [3.05, 3.63) is 51.5 Å². The molecule has 0 aliphatic rings. The van der Waals surface area contributed by atoms with Gasteiger partial charge in [-0.2, -0.15) is 0 Å². The summed E-state index contributed by atoms with van der Waals surface area (Å²) >= 11 is 1.72. The Balaban J connectivity index is 1.66. The minimum Gasteiger partial charge on any atom is -0.376 e. The Kier molecular flexibility index (Phi) is 7.88. The number of nitrogens with one attached hydrogen (secondary N) is 2. The highest BCUT2D eigenvalue weighted by molar-refractivity contribution is 7.11. The van der Waals surface area contributed by atoms with Crippen molar-refractivity contribution in [3.63, 3.8) is 0 Å². The van der Waals surface area contributed by atoms with Gasteiger partial charge in [-0.15, -0.1) is 11.3 Å². The first-order chi connectivity index (χ1) is 12.1. The zero-order valence-corrected chi connectivity index (χ0v) is 16.3. The maximum absolute atomic E-state index is 5.79. The minimum absolute atomic E-state index is 0.398. The van der Waals surface area contributed by atoms with E-state index in [2.05, 4.69) is 39.7 Å². The standard InChI is InChI=1S/C19H28N4OS/c1-14(12-24-13-17-8-6-5-7-9-17)10-21-19(20-4)22-11-18-15(2)23-16(3)25-18/h5-9,14H,10-13H2,1-4H3,(H2,20,21,22). The Morgan fingerprint density at radius 2 is 2.00 bits per heavy atom. The summed E-state index contributed by atoms with van der Waals surface area (Å²) in [4.78, 5) is 9.98. The van der Waals surface area contributed by atoms with Gasteiger partial charge in [-0.3, -0.25) is 4.99 Å². The van der Waals surface area contributed by atoms with E-state index in [1.54, 1.807) is 18.4 Å². The second-order valence-corrected chi connectivity index (χ2v) is 7.44. The molecular formula is C19H28N4OS. The number of hydrogen-bond acceptors (Lipinski definition) is 4. The van der Waals surface area contributed by atoms with E-state index in [1.807, 2.05) is 32.0 Å². The van der Waals surface area contributed by atoms with E-state index in [1.165, 1.54) is 10.4 Å². The van der Waals surface area contributed by atoms with Crippen LogP contribution in [-0.2, 0) is 17.9 Å². The summed E-state index contributed by atoms with van der Waals surface area (Å²) in [6.45, 7) is 9.18. The number of thiazole rings is 1. The molecule has 2 aromatic rings. The molecule has 0 spiro atoms. The number of nitrogens with zero attached hydrogens (tertiary/aromatic N) is 2. The molecule has 1 heterocycles. The van der Waals surface area contributed by atoms with Crippen molar-refractivity contribution in [2.24, 2.45) is 10.9 Å². The van der Waals surface area contributed by atoms with Crippen LogP contribution in [0.4, 0.5) is 0 Å². The van der Waals surface area contributed by atoms with Gasteiger partial charge in [-0.05, 0) is 25.3 Å². The number of aromatic nitrogens is 1. The van der Waals surface area contributed by atoms with Gasteiger partial charge in [-0.1, -0.05) is 37.3 Å². The molecule has 1 atom stereocenters. The maximum atomic E-state index is 5.79. The van der Waals surface area contributed by atoms with E-state index in [0.29, 0.717) is 19.1 Å². The monoisotopic (exact) mass is 360 g/mol. The van der Waals surface area contributed by atoms with E-state index >= 15 is 0 Å². The summed E-state index contributed by atoms with van der Waals surface area (Å²) < 4.78 is 5.79. The van der Waals surface area contributed by atoms with Crippen molar-refractivity contribution in [3.8, 4) is 0 Å². The molecule has 0 saturated carbocycles. The Morgan fingerprint density at radius 3 is 2.64 bits per heavy atom. The Labute approximate surface area is 154 Å². The lowest BCUT2D eigenvalue weighted by atomic mass is 10.2. The van der Waals surface area contributed by atoms with Crippen LogP contribution in [0.5, 0.6) is 0 Å². The molecule has 0 aliphatic heterocycles. The quantitative estimate of drug-likeness (QED) is 0.560. The normalized spacial score (nSPS) is 12.9. The van der Waals surface area contributed by atoms with Crippen molar-refractivity contribution < 1.29 is 4.74 Å². The lowest BCUT2D eigenvalue weighted by Crippen LogP contribution is -2.39. The highest BCUT2D eigenvalue weighted by Gasteiger charge is 2.07. The van der Waals surface area contributed by atoms with Crippen molar-refractivity contribution in [2.45, 2.75) is 33.9 Å². The van der Waals surface area contributed by atoms with E-state index in [0.717, 1.165) is 29.8 Å². The van der Waals surface area contributed by atoms with Crippen molar-refractivity contribution >= 4 is 17.3 Å². The van der Waals surface area contributed by atoms with Crippen LogP contribution in [0.2, 0.25) is 0 Å². The molecule has 5 nitrogen and oxygen atoms in total. The fourth-order valence-corrected chi connectivity index (χ4v) is 3.28. The predicted molar refractivity (Wildman–Crippen MR) is 105 cm³/mol. The fourth-order valence-electron chi connectivity index (χ4n) is 2.40. The van der Waals surface area contributed by atoms with Gasteiger partial charge >= 0.3 is 0 Å². The minimum atomic E-state index is 0.398. The van der Waals surface area contributed by atoms with Crippen molar-refractivity contribution in [1.29, 1.82) is 0 Å². The molecule has 2 rings (SSSR count). The highest BCUT2D eigenvalue weighted by Crippen LogP contribution is 2.16. The van der Waals surface area contributed by atoms with Gasteiger partial charge in [0, 0.05) is 18.5 Å². The van der Waals surface area contributed by atoms with Crippen LogP contribution in [0.15, 0.2) is 35.3 Å². The lowest BCUT2D eigenvalue weighted by molar-refractivity contribution is 0.0931. The van der Waals surface area contributed by atoms with E-state index in [-0.39, 0.29) is 0 Å². The van der Waals surface area contributed by atoms with Gasteiger partial charge in [0.25, 0.3) is 0 Å². The topological polar surface area (TPSA) is 58.5 Å². The smallest absolute Gasteiger partial charge is 0.191 e. The molecule has 0 aliphatic carbocycles. The number of benzene rings is 1. The maximum Gasteiger partial charge on any atom is 0.191 e. The van der Waals surface area contributed by atoms with Crippen LogP contribution in [0.25, 0.3) is 0 Å². The number of aliphatic imine (C=N–C) groups is 1. The average Bonchev–Trinajstić information content (AvgIpc) is 2.93. The summed E-state index contributed by atoms with van der Waals surface area (Å²) in [7, 11) is 1.79. The van der Waals surface area contributed by atoms with Gasteiger partial charge in [-0.25, -0.2) is 4.98 Å². The molecule has 1 aromatic carbocycles. The second-order valence-electron chi connectivity index (χ2n) is 6.15. The van der Waals surface area contributed by atoms with Crippen LogP contribution in [-0.4, -0.2) is 31.1 Å². The number of aryl methyl sites for hydroxylation is 2. The summed E-state index contributed by atoms with van der Waals surface area (Å²) in [5.41, 5.74) is 2.29. The number of ether oxygens (including phenoxy) is 1. The average molecular weight is 361 g/mol. The van der Waals surface area contributed by atoms with Gasteiger partial charge in [0.05, 0.1) is 30.5 Å². The zero-order chi connectivity index (χ0) is 18.1. The molecule has 25 heavy (non-hydrogen) atoms. The SMILES string of the molecule is CN=C(NCc1sc(C)nc1C)NCC(C)COCc1ccccc1. The number of rotatable bonds is 8. The Hall–Kier alpha value is -1.92. The van der Waals surface area contributed by atoms with Gasteiger partial charge in [0.2, 0.25) is 0 Å². The Bertz CT molecular complexity index is 669. The van der Waals surface area contributed by atoms with Crippen LogP contribution in [0, 0.1) is 19.8 Å². The van der Waals surface area contributed by atoms with Crippen molar-refractivity contribution in [2.75, 3.05) is 20.2 Å². The predicted octanol–water partition coefficient (Wildman–Crippen LogP) is 3.28. The molecule has 1 aromatic heterocycles. The zero-order valence-electron chi connectivity index (χ0n) is 15.5. The van der Waals surface area contributed by atoms with Gasteiger partial charge < -0.3 is 15.4 Å². The van der Waals surface area contributed by atoms with E-state index < -0.39 is 0 Å². The third kappa shape index (κ3) is 6.84. The van der Waals surface area contributed by atoms with Crippen LogP contribution < -0.4 is 10.6 Å². The third-order valence-electron chi connectivity index (χ3n) is 3.77. The Morgan fingerprint density at radius 1 is 1.24 bits per heavy atom. The molecular weight excluding hydrogens is 332 g/mol. The largest absolute Gasteiger partial charge is 0.376 e. The lowest BCUT2D eigenvalue weighted by Gasteiger charge is -2.16. The van der Waals surface area contributed by atoms with Gasteiger partial charge in [0.1, 0.15) is 0 Å². The molecule has 0 fully saturated rings. The first-order valence-electron chi connectivity index (χ1n) is 8.57. The molecule has 0 amide bonds. The molecule has 2 N–H and O–H groups in total. The second kappa shape index (κ2) is 10.2. The fraction of sp³-hybridized carbons (Fsp3) is 0.474. The summed E-state index contributed by atoms with van der Waals surface area (Å²) in [6.07, 6.45) is 0. The van der Waals surface area contributed by atoms with E-state index in [4.69, 9.17) is 4.74 Å². The molecule has 0 bridgehead atoms. The van der Waals surface area contributed by atoms with Gasteiger partial charge in [0.15, 0.2) is 5.96 Å². The number of guanidine groups is 1. The molecule has 6 heteroatoms. The summed E-state index contributed by atoms with van der Waals surface area (Å²) in [5.74, 6) is 1.20. The highest BCUT2D eigenvalue weighted by atomic mass is 32.1. The van der Waals surface area contributed by atoms with Crippen LogP contribution >= 0.6 is 11.3 Å². The van der Waals surface area contributed by atoms with Crippen LogP contribution in [0.1, 0.15) is 28.1 Å². The molecule has 136 valence electrons. The summed E-state index contributed by atoms with van der Waals surface area (Å²) in [6, 6.07) is 10.2.